The quantitative estimate of drug-likeness (QED) is 0.588. The van der Waals surface area contributed by atoms with Crippen LogP contribution in [-0.2, 0) is 20.9 Å². The van der Waals surface area contributed by atoms with Crippen LogP contribution in [0.15, 0.2) is 53.9 Å². The number of carbonyl (C=O) groups excluding carboxylic acids is 3. The molecule has 2 aromatic carbocycles. The molecule has 8 heteroatoms. The Labute approximate surface area is 177 Å². The molecule has 3 N–H and O–H groups in total. The number of amides is 3. The number of anilines is 2. The summed E-state index contributed by atoms with van der Waals surface area (Å²) in [4.78, 5) is 40.3. The molecule has 2 heterocycles. The second-order valence-corrected chi connectivity index (χ2v) is 7.88. The van der Waals surface area contributed by atoms with Gasteiger partial charge in [-0.05, 0) is 17.2 Å². The maximum Gasteiger partial charge on any atom is 0.234 e. The Kier molecular flexibility index (Phi) is 5.58. The Bertz CT molecular complexity index is 1110. The Balaban J connectivity index is 1.45. The molecule has 152 valence electrons. The van der Waals surface area contributed by atoms with Crippen LogP contribution < -0.4 is 16.0 Å². The number of thiazole rings is 1. The minimum absolute atomic E-state index is 0.0722. The number of nitrogens with one attached hydrogen (secondary N) is 3. The van der Waals surface area contributed by atoms with E-state index >= 15 is 0 Å². The van der Waals surface area contributed by atoms with E-state index in [4.69, 9.17) is 0 Å². The molecule has 1 aromatic heterocycles. The maximum absolute atomic E-state index is 12.8. The first-order valence-corrected chi connectivity index (χ1v) is 10.4. The van der Waals surface area contributed by atoms with Crippen LogP contribution in [0.5, 0.6) is 0 Å². The first-order chi connectivity index (χ1) is 14.5. The highest BCUT2D eigenvalue weighted by Gasteiger charge is 2.30. The largest absolute Gasteiger partial charge is 0.352 e. The molecular formula is C22H20N4O3S. The summed E-state index contributed by atoms with van der Waals surface area (Å²) in [5, 5.41) is 10.8. The summed E-state index contributed by atoms with van der Waals surface area (Å²) in [6.07, 6.45) is 0.108. The van der Waals surface area contributed by atoms with Crippen LogP contribution in [0.2, 0.25) is 0 Å². The fraction of sp³-hybridized carbons (Fsp3) is 0.182. The fourth-order valence-electron chi connectivity index (χ4n) is 3.32. The van der Waals surface area contributed by atoms with Crippen molar-refractivity contribution in [2.75, 3.05) is 10.6 Å². The first-order valence-electron chi connectivity index (χ1n) is 9.48. The summed E-state index contributed by atoms with van der Waals surface area (Å²) < 4.78 is 0. The molecule has 30 heavy (non-hydrogen) atoms. The number of hydrogen-bond acceptors (Lipinski definition) is 5. The fourth-order valence-corrected chi connectivity index (χ4v) is 4.04. The van der Waals surface area contributed by atoms with Crippen LogP contribution >= 0.6 is 11.3 Å². The molecule has 3 amide bonds. The zero-order valence-corrected chi connectivity index (χ0v) is 17.1. The predicted octanol–water partition coefficient (Wildman–Crippen LogP) is 3.51. The van der Waals surface area contributed by atoms with Crippen molar-refractivity contribution in [3.05, 3.63) is 65.0 Å². The van der Waals surface area contributed by atoms with Crippen LogP contribution in [0.1, 0.15) is 30.4 Å². The van der Waals surface area contributed by atoms with Crippen LogP contribution in [0.25, 0.3) is 11.3 Å². The molecule has 0 aliphatic carbocycles. The Morgan fingerprint density at radius 3 is 2.70 bits per heavy atom. The molecule has 1 aliphatic rings. The lowest BCUT2D eigenvalue weighted by molar-refractivity contribution is -0.123. The lowest BCUT2D eigenvalue weighted by Gasteiger charge is -2.24. The summed E-state index contributed by atoms with van der Waals surface area (Å²) in [6, 6.07) is 15.1. The van der Waals surface area contributed by atoms with Gasteiger partial charge in [0.2, 0.25) is 17.7 Å². The number of para-hydroxylation sites is 1. The molecule has 1 aliphatic heterocycles. The minimum atomic E-state index is -0.546. The van der Waals surface area contributed by atoms with Gasteiger partial charge in [0, 0.05) is 36.5 Å². The third-order valence-corrected chi connectivity index (χ3v) is 5.60. The lowest BCUT2D eigenvalue weighted by atomic mass is 9.90. The van der Waals surface area contributed by atoms with E-state index in [1.165, 1.54) is 18.3 Å². The van der Waals surface area contributed by atoms with Gasteiger partial charge in [-0.1, -0.05) is 42.5 Å². The average molecular weight is 420 g/mol. The van der Waals surface area contributed by atoms with Gasteiger partial charge < -0.3 is 16.0 Å². The molecular weight excluding hydrogens is 400 g/mol. The summed E-state index contributed by atoms with van der Waals surface area (Å²) in [5.74, 6) is -1.04. The van der Waals surface area contributed by atoms with Gasteiger partial charge in [-0.2, -0.15) is 0 Å². The highest BCUT2D eigenvalue weighted by atomic mass is 32.1. The van der Waals surface area contributed by atoms with Gasteiger partial charge in [-0.25, -0.2) is 4.98 Å². The van der Waals surface area contributed by atoms with Gasteiger partial charge in [-0.3, -0.25) is 14.4 Å². The summed E-state index contributed by atoms with van der Waals surface area (Å²) in [7, 11) is 0. The zero-order valence-electron chi connectivity index (χ0n) is 16.3. The topological polar surface area (TPSA) is 100 Å². The van der Waals surface area contributed by atoms with Gasteiger partial charge in [0.15, 0.2) is 5.13 Å². The molecule has 0 saturated carbocycles. The molecule has 0 bridgehead atoms. The number of nitrogens with zero attached hydrogens (tertiary/aromatic N) is 1. The number of benzene rings is 2. The van der Waals surface area contributed by atoms with Gasteiger partial charge >= 0.3 is 0 Å². The molecule has 0 radical (unpaired) electrons. The van der Waals surface area contributed by atoms with Crippen molar-refractivity contribution in [3.8, 4) is 11.3 Å². The summed E-state index contributed by atoms with van der Waals surface area (Å²) in [5.41, 5.74) is 4.14. The van der Waals surface area contributed by atoms with Crippen molar-refractivity contribution < 1.29 is 14.4 Å². The van der Waals surface area contributed by atoms with Crippen LogP contribution in [0, 0.1) is 0 Å². The zero-order chi connectivity index (χ0) is 21.1. The van der Waals surface area contributed by atoms with E-state index in [0.29, 0.717) is 17.4 Å². The third kappa shape index (κ3) is 4.38. The molecule has 0 saturated heterocycles. The Morgan fingerprint density at radius 2 is 1.93 bits per heavy atom. The number of fused-ring (bicyclic) bond motifs is 1. The number of hydrogen-bond donors (Lipinski definition) is 3. The number of rotatable bonds is 5. The van der Waals surface area contributed by atoms with E-state index in [0.717, 1.165) is 22.4 Å². The second-order valence-electron chi connectivity index (χ2n) is 7.03. The Morgan fingerprint density at radius 1 is 1.17 bits per heavy atom. The van der Waals surface area contributed by atoms with Gasteiger partial charge in [0.1, 0.15) is 0 Å². The van der Waals surface area contributed by atoms with E-state index in [2.05, 4.69) is 20.9 Å². The normalized spacial score (nSPS) is 15.1. The van der Waals surface area contributed by atoms with E-state index in [9.17, 15) is 14.4 Å². The van der Waals surface area contributed by atoms with Crippen LogP contribution in [0.3, 0.4) is 0 Å². The molecule has 3 aromatic rings. The van der Waals surface area contributed by atoms with Gasteiger partial charge in [0.25, 0.3) is 0 Å². The van der Waals surface area contributed by atoms with Gasteiger partial charge in [0.05, 0.1) is 11.6 Å². The van der Waals surface area contributed by atoms with Crippen LogP contribution in [0.4, 0.5) is 10.8 Å². The molecule has 7 nitrogen and oxygen atoms in total. The minimum Gasteiger partial charge on any atom is -0.352 e. The van der Waals surface area contributed by atoms with E-state index in [1.54, 1.807) is 6.07 Å². The summed E-state index contributed by atoms with van der Waals surface area (Å²) >= 11 is 1.34. The monoisotopic (exact) mass is 420 g/mol. The Hall–Kier alpha value is -3.52. The highest BCUT2D eigenvalue weighted by Crippen LogP contribution is 2.33. The molecule has 1 atom stereocenters. The highest BCUT2D eigenvalue weighted by molar-refractivity contribution is 7.14. The smallest absolute Gasteiger partial charge is 0.234 e. The van der Waals surface area contributed by atoms with Crippen molar-refractivity contribution in [1.29, 1.82) is 0 Å². The SMILES string of the molecule is CC(=O)NCc1ccc(-c2csc(NC(=O)C3CC(=O)Nc4ccccc43)n2)cc1. The number of aromatic nitrogens is 1. The summed E-state index contributed by atoms with van der Waals surface area (Å²) in [6.45, 7) is 1.96. The second kappa shape index (κ2) is 8.46. The van der Waals surface area contributed by atoms with Gasteiger partial charge in [-0.15, -0.1) is 11.3 Å². The van der Waals surface area contributed by atoms with Crippen molar-refractivity contribution >= 4 is 39.9 Å². The first kappa shape index (κ1) is 19.8. The standard InChI is InChI=1S/C22H20N4O3S/c1-13(27)23-11-14-6-8-15(9-7-14)19-12-30-22(25-19)26-21(29)17-10-20(28)24-18-5-3-2-4-16(17)18/h2-9,12,17H,10-11H2,1H3,(H,23,27)(H,24,28)(H,25,26,29). The lowest BCUT2D eigenvalue weighted by Crippen LogP contribution is -2.30. The van der Waals surface area contributed by atoms with E-state index in [-0.39, 0.29) is 24.1 Å². The van der Waals surface area contributed by atoms with Crippen molar-refractivity contribution in [2.24, 2.45) is 0 Å². The molecule has 4 rings (SSSR count). The average Bonchev–Trinajstić information content (AvgIpc) is 3.20. The number of carbonyl (C=O) groups is 3. The van der Waals surface area contributed by atoms with E-state index in [1.807, 2.05) is 47.8 Å². The molecule has 1 unspecified atom stereocenters. The third-order valence-electron chi connectivity index (χ3n) is 4.84. The molecule has 0 spiro atoms. The van der Waals surface area contributed by atoms with Crippen molar-refractivity contribution in [3.63, 3.8) is 0 Å². The molecule has 0 fully saturated rings. The van der Waals surface area contributed by atoms with Crippen molar-refractivity contribution in [2.45, 2.75) is 25.8 Å². The maximum atomic E-state index is 12.8. The predicted molar refractivity (Wildman–Crippen MR) is 116 cm³/mol. The van der Waals surface area contributed by atoms with E-state index < -0.39 is 5.92 Å². The van der Waals surface area contributed by atoms with Crippen LogP contribution in [-0.4, -0.2) is 22.7 Å². The van der Waals surface area contributed by atoms with Crippen molar-refractivity contribution in [1.82, 2.24) is 10.3 Å².